The predicted octanol–water partition coefficient (Wildman–Crippen LogP) is 4.34. The maximum absolute atomic E-state index is 12.7. The first kappa shape index (κ1) is 19.9. The number of carbonyl (C=O) groups excluding carboxylic acids is 2. The lowest BCUT2D eigenvalue weighted by Crippen LogP contribution is -2.47. The lowest BCUT2D eigenvalue weighted by atomic mass is 9.99. The van der Waals surface area contributed by atoms with E-state index in [9.17, 15) is 9.59 Å². The van der Waals surface area contributed by atoms with E-state index in [0.29, 0.717) is 15.6 Å². The predicted molar refractivity (Wildman–Crippen MR) is 119 cm³/mol. The maximum Gasteiger partial charge on any atom is 0.267 e. The minimum atomic E-state index is -0.228. The van der Waals surface area contributed by atoms with E-state index < -0.39 is 0 Å². The smallest absolute Gasteiger partial charge is 0.267 e. The Morgan fingerprint density at radius 3 is 2.48 bits per heavy atom. The molecule has 1 unspecified atom stereocenters. The van der Waals surface area contributed by atoms with Gasteiger partial charge in [-0.1, -0.05) is 41.9 Å². The first-order chi connectivity index (χ1) is 14.0. The van der Waals surface area contributed by atoms with Gasteiger partial charge in [0.2, 0.25) is 5.91 Å². The van der Waals surface area contributed by atoms with E-state index in [4.69, 9.17) is 11.6 Å². The van der Waals surface area contributed by atoms with Gasteiger partial charge >= 0.3 is 0 Å². The zero-order chi connectivity index (χ0) is 20.4. The molecule has 150 valence electrons. The highest BCUT2D eigenvalue weighted by molar-refractivity contribution is 7.21. The Kier molecular flexibility index (Phi) is 5.85. The van der Waals surface area contributed by atoms with Gasteiger partial charge in [0, 0.05) is 42.0 Å². The average Bonchev–Trinajstić information content (AvgIpc) is 3.11. The summed E-state index contributed by atoms with van der Waals surface area (Å²) < 4.78 is 0.984. The number of carbonyl (C=O) groups is 2. The summed E-state index contributed by atoms with van der Waals surface area (Å²) in [7, 11) is 0. The number of rotatable bonds is 4. The zero-order valence-corrected chi connectivity index (χ0v) is 17.6. The largest absolute Gasteiger partial charge is 0.340 e. The van der Waals surface area contributed by atoms with Crippen LogP contribution in [0.2, 0.25) is 5.02 Å². The lowest BCUT2D eigenvalue weighted by Gasteiger charge is -2.30. The normalized spacial score (nSPS) is 15.3. The standard InChI is InChI=1S/C22H22ClN3O2S/c1-14(22(28)26-12-10-24-11-13-26)15-6-8-16(9-7-15)25-21(27)20-19(23)17-4-2-3-5-18(17)29-20/h2-9,14,24H,10-13H2,1H3,(H,25,27). The van der Waals surface area contributed by atoms with Crippen LogP contribution in [0.15, 0.2) is 48.5 Å². The molecule has 0 bridgehead atoms. The number of thiophene rings is 1. The molecule has 3 aromatic rings. The molecule has 0 saturated carbocycles. The van der Waals surface area contributed by atoms with Gasteiger partial charge in [0.25, 0.3) is 5.91 Å². The van der Waals surface area contributed by atoms with Crippen molar-refractivity contribution in [3.8, 4) is 0 Å². The number of nitrogens with zero attached hydrogens (tertiary/aromatic N) is 1. The molecule has 2 amide bonds. The number of fused-ring (bicyclic) bond motifs is 1. The maximum atomic E-state index is 12.7. The van der Waals surface area contributed by atoms with Crippen LogP contribution in [0.25, 0.3) is 10.1 Å². The summed E-state index contributed by atoms with van der Waals surface area (Å²) >= 11 is 7.78. The molecule has 1 aromatic heterocycles. The molecule has 0 radical (unpaired) electrons. The van der Waals surface area contributed by atoms with Crippen molar-refractivity contribution < 1.29 is 9.59 Å². The molecule has 2 heterocycles. The Balaban J connectivity index is 1.45. The second-order valence-corrected chi connectivity index (χ2v) is 8.54. The monoisotopic (exact) mass is 427 g/mol. The molecule has 2 N–H and O–H groups in total. The first-order valence-electron chi connectivity index (χ1n) is 9.62. The highest BCUT2D eigenvalue weighted by Crippen LogP contribution is 2.35. The summed E-state index contributed by atoms with van der Waals surface area (Å²) in [5.74, 6) is -0.302. The molecule has 5 nitrogen and oxygen atoms in total. The Labute approximate surface area is 178 Å². The van der Waals surface area contributed by atoms with Gasteiger partial charge in [-0.2, -0.15) is 0 Å². The summed E-state index contributed by atoms with van der Waals surface area (Å²) in [5, 5.41) is 7.53. The van der Waals surface area contributed by atoms with E-state index in [-0.39, 0.29) is 17.7 Å². The number of hydrogen-bond acceptors (Lipinski definition) is 4. The van der Waals surface area contributed by atoms with Crippen molar-refractivity contribution in [2.24, 2.45) is 0 Å². The van der Waals surface area contributed by atoms with Gasteiger partial charge in [-0.15, -0.1) is 11.3 Å². The third-order valence-electron chi connectivity index (χ3n) is 5.21. The van der Waals surface area contributed by atoms with Gasteiger partial charge in [-0.25, -0.2) is 0 Å². The van der Waals surface area contributed by atoms with Crippen molar-refractivity contribution in [1.82, 2.24) is 10.2 Å². The van der Waals surface area contributed by atoms with Crippen LogP contribution in [-0.2, 0) is 4.79 Å². The van der Waals surface area contributed by atoms with E-state index >= 15 is 0 Å². The topological polar surface area (TPSA) is 61.4 Å². The van der Waals surface area contributed by atoms with E-state index in [1.54, 1.807) is 0 Å². The fourth-order valence-electron chi connectivity index (χ4n) is 3.50. The van der Waals surface area contributed by atoms with Crippen LogP contribution in [0.1, 0.15) is 28.1 Å². The SMILES string of the molecule is CC(C(=O)N1CCNCC1)c1ccc(NC(=O)c2sc3ccccc3c2Cl)cc1. The summed E-state index contributed by atoms with van der Waals surface area (Å²) in [6.45, 7) is 5.09. The zero-order valence-electron chi connectivity index (χ0n) is 16.1. The number of piperazine rings is 1. The molecule has 4 rings (SSSR count). The molecule has 0 aliphatic carbocycles. The Morgan fingerprint density at radius 1 is 1.10 bits per heavy atom. The fourth-order valence-corrected chi connectivity index (χ4v) is 4.92. The second-order valence-electron chi connectivity index (χ2n) is 7.11. The van der Waals surface area contributed by atoms with Crippen LogP contribution in [0.3, 0.4) is 0 Å². The van der Waals surface area contributed by atoms with E-state index in [2.05, 4.69) is 10.6 Å². The van der Waals surface area contributed by atoms with Gasteiger partial charge in [0.05, 0.1) is 10.9 Å². The summed E-state index contributed by atoms with van der Waals surface area (Å²) in [6, 6.07) is 15.2. The van der Waals surface area contributed by atoms with Crippen molar-refractivity contribution in [2.75, 3.05) is 31.5 Å². The number of hydrogen-bond donors (Lipinski definition) is 2. The minimum Gasteiger partial charge on any atom is -0.340 e. The average molecular weight is 428 g/mol. The third-order valence-corrected chi connectivity index (χ3v) is 6.88. The Hall–Kier alpha value is -2.41. The van der Waals surface area contributed by atoms with Crippen molar-refractivity contribution >= 4 is 50.5 Å². The highest BCUT2D eigenvalue weighted by Gasteiger charge is 2.23. The number of benzene rings is 2. The van der Waals surface area contributed by atoms with Crippen molar-refractivity contribution in [3.05, 3.63) is 64.0 Å². The molecule has 1 aliphatic heterocycles. The fraction of sp³-hybridized carbons (Fsp3) is 0.273. The molecular formula is C22H22ClN3O2S. The van der Waals surface area contributed by atoms with Gasteiger partial charge < -0.3 is 15.5 Å². The second kappa shape index (κ2) is 8.53. The van der Waals surface area contributed by atoms with Crippen molar-refractivity contribution in [3.63, 3.8) is 0 Å². The molecule has 2 aromatic carbocycles. The molecule has 1 saturated heterocycles. The quantitative estimate of drug-likeness (QED) is 0.651. The molecular weight excluding hydrogens is 406 g/mol. The van der Waals surface area contributed by atoms with Crippen LogP contribution in [0.4, 0.5) is 5.69 Å². The summed E-state index contributed by atoms with van der Waals surface area (Å²) in [4.78, 5) is 27.8. The summed E-state index contributed by atoms with van der Waals surface area (Å²) in [5.41, 5.74) is 1.61. The van der Waals surface area contributed by atoms with Crippen molar-refractivity contribution in [1.29, 1.82) is 0 Å². The van der Waals surface area contributed by atoms with Crippen molar-refractivity contribution in [2.45, 2.75) is 12.8 Å². The first-order valence-corrected chi connectivity index (χ1v) is 10.8. The Morgan fingerprint density at radius 2 is 1.79 bits per heavy atom. The number of anilines is 1. The van der Waals surface area contributed by atoms with Crippen LogP contribution in [0.5, 0.6) is 0 Å². The molecule has 7 heteroatoms. The van der Waals surface area contributed by atoms with Gasteiger partial charge in [-0.3, -0.25) is 9.59 Å². The molecule has 29 heavy (non-hydrogen) atoms. The van der Waals surface area contributed by atoms with Gasteiger partial charge in [0.15, 0.2) is 0 Å². The third kappa shape index (κ3) is 4.15. The van der Waals surface area contributed by atoms with Crippen LogP contribution in [0, 0.1) is 0 Å². The molecule has 1 fully saturated rings. The molecule has 1 aliphatic rings. The van der Waals surface area contributed by atoms with Crippen LogP contribution < -0.4 is 10.6 Å². The lowest BCUT2D eigenvalue weighted by molar-refractivity contribution is -0.133. The van der Waals surface area contributed by atoms with E-state index in [1.807, 2.05) is 60.4 Å². The minimum absolute atomic E-state index is 0.139. The molecule has 0 spiro atoms. The highest BCUT2D eigenvalue weighted by atomic mass is 35.5. The number of amides is 2. The number of halogens is 1. The van der Waals surface area contributed by atoms with Gasteiger partial charge in [-0.05, 0) is 30.7 Å². The Bertz CT molecular complexity index is 1040. The summed E-state index contributed by atoms with van der Waals surface area (Å²) in [6.07, 6.45) is 0. The van der Waals surface area contributed by atoms with E-state index in [0.717, 1.165) is 41.8 Å². The van der Waals surface area contributed by atoms with Crippen LogP contribution >= 0.6 is 22.9 Å². The molecule has 1 atom stereocenters. The van der Waals surface area contributed by atoms with Gasteiger partial charge in [0.1, 0.15) is 4.88 Å². The van der Waals surface area contributed by atoms with E-state index in [1.165, 1.54) is 11.3 Å². The number of nitrogens with one attached hydrogen (secondary N) is 2. The van der Waals surface area contributed by atoms with Crippen LogP contribution in [-0.4, -0.2) is 42.9 Å².